The Hall–Kier alpha value is -1.56. The smallest absolute Gasteiger partial charge is 0.255 e. The molecule has 0 fully saturated rings. The Morgan fingerprint density at radius 2 is 1.95 bits per heavy atom. The fourth-order valence-corrected chi connectivity index (χ4v) is 2.42. The van der Waals surface area contributed by atoms with E-state index in [1.54, 1.807) is 12.1 Å². The molecule has 0 aromatic heterocycles. The van der Waals surface area contributed by atoms with E-state index in [0.717, 1.165) is 3.57 Å². The number of hydrogen-bond acceptors (Lipinski definition) is 2. The van der Waals surface area contributed by atoms with Gasteiger partial charge in [-0.25, -0.2) is 0 Å². The summed E-state index contributed by atoms with van der Waals surface area (Å²) in [5.74, 6) is -0.0100. The number of phenols is 1. The summed E-state index contributed by atoms with van der Waals surface area (Å²) in [7, 11) is 0. The topological polar surface area (TPSA) is 49.3 Å². The van der Waals surface area contributed by atoms with Crippen LogP contribution in [0.4, 0.5) is 0 Å². The van der Waals surface area contributed by atoms with Gasteiger partial charge in [-0.15, -0.1) is 0 Å². The molecule has 0 saturated heterocycles. The maximum Gasteiger partial charge on any atom is 0.255 e. The number of carbonyl (C=O) groups excluding carboxylic acids is 1. The highest BCUT2D eigenvalue weighted by Gasteiger charge is 2.13. The summed E-state index contributed by atoms with van der Waals surface area (Å²) in [6, 6.07) is 15.0. The Morgan fingerprint density at radius 3 is 2.65 bits per heavy atom. The molecule has 2 rings (SSSR count). The van der Waals surface area contributed by atoms with Crippen LogP contribution in [-0.2, 0) is 0 Å². The average Bonchev–Trinajstić information content (AvgIpc) is 2.47. The number of nitrogens with one attached hydrogen (secondary N) is 1. The van der Waals surface area contributed by atoms with E-state index in [2.05, 4.69) is 34.8 Å². The molecule has 1 unspecified atom stereocenters. The minimum Gasteiger partial charge on any atom is -0.507 e. The van der Waals surface area contributed by atoms with E-state index in [4.69, 9.17) is 0 Å². The molecule has 4 heteroatoms. The molecule has 3 nitrogen and oxygen atoms in total. The second-order valence-electron chi connectivity index (χ2n) is 4.68. The summed E-state index contributed by atoms with van der Waals surface area (Å²) in [6.45, 7) is 2.60. The summed E-state index contributed by atoms with van der Waals surface area (Å²) in [4.78, 5) is 12.1. The van der Waals surface area contributed by atoms with Crippen molar-refractivity contribution in [3.8, 4) is 5.75 Å². The summed E-state index contributed by atoms with van der Waals surface area (Å²) in [5.41, 5.74) is 1.50. The van der Waals surface area contributed by atoms with Crippen LogP contribution in [0.15, 0.2) is 48.5 Å². The van der Waals surface area contributed by atoms with Gasteiger partial charge in [0.2, 0.25) is 0 Å². The van der Waals surface area contributed by atoms with Gasteiger partial charge in [0.15, 0.2) is 0 Å². The molecule has 0 saturated carbocycles. The standard InChI is InChI=1S/C16H16INO2/c1-11(12-5-3-2-4-6-12)10-18-16(20)14-9-13(17)7-8-15(14)19/h2-9,11,19H,10H2,1H3,(H,18,20). The normalized spacial score (nSPS) is 11.9. The zero-order chi connectivity index (χ0) is 14.5. The molecule has 0 heterocycles. The number of hydrogen-bond donors (Lipinski definition) is 2. The van der Waals surface area contributed by atoms with Crippen molar-refractivity contribution < 1.29 is 9.90 Å². The molecule has 0 aliphatic heterocycles. The quantitative estimate of drug-likeness (QED) is 0.797. The van der Waals surface area contributed by atoms with Crippen LogP contribution in [0.3, 0.4) is 0 Å². The van der Waals surface area contributed by atoms with Crippen LogP contribution in [0, 0.1) is 3.57 Å². The van der Waals surface area contributed by atoms with Crippen LogP contribution < -0.4 is 5.32 Å². The lowest BCUT2D eigenvalue weighted by molar-refractivity contribution is 0.0949. The maximum atomic E-state index is 12.1. The van der Waals surface area contributed by atoms with Crippen LogP contribution in [0.5, 0.6) is 5.75 Å². The molecule has 20 heavy (non-hydrogen) atoms. The van der Waals surface area contributed by atoms with Gasteiger partial charge in [0.05, 0.1) is 5.56 Å². The number of phenolic OH excluding ortho intramolecular Hbond substituents is 1. The van der Waals surface area contributed by atoms with Gasteiger partial charge < -0.3 is 10.4 Å². The fourth-order valence-electron chi connectivity index (χ4n) is 1.93. The largest absolute Gasteiger partial charge is 0.507 e. The molecule has 0 aliphatic carbocycles. The molecule has 1 amide bonds. The van der Waals surface area contributed by atoms with Gasteiger partial charge in [0.25, 0.3) is 5.91 Å². The molecule has 2 aromatic carbocycles. The van der Waals surface area contributed by atoms with Crippen molar-refractivity contribution in [2.45, 2.75) is 12.8 Å². The van der Waals surface area contributed by atoms with E-state index in [-0.39, 0.29) is 17.6 Å². The Labute approximate surface area is 132 Å². The molecule has 1 atom stereocenters. The monoisotopic (exact) mass is 381 g/mol. The van der Waals surface area contributed by atoms with Crippen LogP contribution >= 0.6 is 22.6 Å². The molecule has 0 spiro atoms. The van der Waals surface area contributed by atoms with E-state index in [1.165, 1.54) is 11.6 Å². The Bertz CT molecular complexity index is 599. The number of benzene rings is 2. The lowest BCUT2D eigenvalue weighted by atomic mass is 10.0. The van der Waals surface area contributed by atoms with E-state index >= 15 is 0 Å². The van der Waals surface area contributed by atoms with Crippen molar-refractivity contribution in [1.29, 1.82) is 0 Å². The molecule has 0 aliphatic rings. The number of carbonyl (C=O) groups is 1. The molecular formula is C16H16INO2. The van der Waals surface area contributed by atoms with Gasteiger partial charge in [0.1, 0.15) is 5.75 Å². The van der Waals surface area contributed by atoms with Crippen molar-refractivity contribution in [1.82, 2.24) is 5.32 Å². The van der Waals surface area contributed by atoms with E-state index in [9.17, 15) is 9.90 Å². The Morgan fingerprint density at radius 1 is 1.25 bits per heavy atom. The first-order chi connectivity index (χ1) is 9.58. The van der Waals surface area contributed by atoms with E-state index in [1.807, 2.05) is 30.3 Å². The maximum absolute atomic E-state index is 12.1. The summed E-state index contributed by atoms with van der Waals surface area (Å²) in [5, 5.41) is 12.6. The lowest BCUT2D eigenvalue weighted by Crippen LogP contribution is -2.27. The van der Waals surface area contributed by atoms with Crippen LogP contribution in [0.1, 0.15) is 28.8 Å². The summed E-state index contributed by atoms with van der Waals surface area (Å²) in [6.07, 6.45) is 0. The summed E-state index contributed by atoms with van der Waals surface area (Å²) >= 11 is 2.12. The average molecular weight is 381 g/mol. The fraction of sp³-hybridized carbons (Fsp3) is 0.188. The van der Waals surface area contributed by atoms with Crippen LogP contribution in [0.2, 0.25) is 0 Å². The Balaban J connectivity index is 2.00. The van der Waals surface area contributed by atoms with E-state index < -0.39 is 0 Å². The van der Waals surface area contributed by atoms with E-state index in [0.29, 0.717) is 12.1 Å². The van der Waals surface area contributed by atoms with Gasteiger partial charge in [-0.2, -0.15) is 0 Å². The van der Waals surface area contributed by atoms with Crippen molar-refractivity contribution >= 4 is 28.5 Å². The van der Waals surface area contributed by atoms with Crippen molar-refractivity contribution in [3.63, 3.8) is 0 Å². The highest BCUT2D eigenvalue weighted by atomic mass is 127. The van der Waals surface area contributed by atoms with Crippen molar-refractivity contribution in [2.24, 2.45) is 0 Å². The molecule has 0 bridgehead atoms. The predicted octanol–water partition coefficient (Wildman–Crippen LogP) is 3.53. The van der Waals surface area contributed by atoms with Crippen molar-refractivity contribution in [2.75, 3.05) is 6.54 Å². The number of aromatic hydroxyl groups is 1. The van der Waals surface area contributed by atoms with Gasteiger partial charge in [-0.05, 0) is 52.3 Å². The minimum atomic E-state index is -0.246. The molecule has 2 N–H and O–H groups in total. The first kappa shape index (κ1) is 14.8. The third-order valence-electron chi connectivity index (χ3n) is 3.14. The van der Waals surface area contributed by atoms with Gasteiger partial charge >= 0.3 is 0 Å². The number of rotatable bonds is 4. The number of halogens is 1. The lowest BCUT2D eigenvalue weighted by Gasteiger charge is -2.13. The van der Waals surface area contributed by atoms with Gasteiger partial charge in [-0.1, -0.05) is 37.3 Å². The molecular weight excluding hydrogens is 365 g/mol. The molecule has 104 valence electrons. The SMILES string of the molecule is CC(CNC(=O)c1cc(I)ccc1O)c1ccccc1. The second-order valence-corrected chi connectivity index (χ2v) is 5.93. The first-order valence-corrected chi connectivity index (χ1v) is 7.47. The summed E-state index contributed by atoms with van der Waals surface area (Å²) < 4.78 is 0.918. The zero-order valence-electron chi connectivity index (χ0n) is 11.1. The van der Waals surface area contributed by atoms with Crippen LogP contribution in [0.25, 0.3) is 0 Å². The molecule has 0 radical (unpaired) electrons. The Kier molecular flexibility index (Phi) is 5.00. The predicted molar refractivity (Wildman–Crippen MR) is 88.0 cm³/mol. The highest BCUT2D eigenvalue weighted by molar-refractivity contribution is 14.1. The van der Waals surface area contributed by atoms with Gasteiger partial charge in [0, 0.05) is 10.1 Å². The first-order valence-electron chi connectivity index (χ1n) is 6.39. The number of amides is 1. The van der Waals surface area contributed by atoms with Crippen LogP contribution in [-0.4, -0.2) is 17.6 Å². The second kappa shape index (κ2) is 6.74. The third-order valence-corrected chi connectivity index (χ3v) is 3.81. The van der Waals surface area contributed by atoms with Gasteiger partial charge in [-0.3, -0.25) is 4.79 Å². The third kappa shape index (κ3) is 3.72. The molecule has 2 aromatic rings. The van der Waals surface area contributed by atoms with Crippen molar-refractivity contribution in [3.05, 3.63) is 63.2 Å². The minimum absolute atomic E-state index is 0.00952. The highest BCUT2D eigenvalue weighted by Crippen LogP contribution is 2.20. The zero-order valence-corrected chi connectivity index (χ0v) is 13.3.